The van der Waals surface area contributed by atoms with Crippen molar-refractivity contribution in [1.82, 2.24) is 4.57 Å². The van der Waals surface area contributed by atoms with E-state index >= 15 is 0 Å². The summed E-state index contributed by atoms with van der Waals surface area (Å²) in [6.45, 7) is 8.61. The Morgan fingerprint density at radius 3 is 2.63 bits per heavy atom. The van der Waals surface area contributed by atoms with Crippen LogP contribution in [0.1, 0.15) is 30.8 Å². The van der Waals surface area contributed by atoms with Crippen molar-refractivity contribution in [1.29, 1.82) is 5.26 Å². The van der Waals surface area contributed by atoms with Gasteiger partial charge in [0, 0.05) is 22.8 Å². The predicted molar refractivity (Wildman–Crippen MR) is 120 cm³/mol. The molecule has 0 aliphatic heterocycles. The monoisotopic (exact) mass is 425 g/mol. The second-order valence-corrected chi connectivity index (χ2v) is 8.17. The smallest absolute Gasteiger partial charge is 0.349 e. The molecular formula is C23H27N3O3S. The highest BCUT2D eigenvalue weighted by Crippen LogP contribution is 2.24. The largest absolute Gasteiger partial charge is 0.451 e. The van der Waals surface area contributed by atoms with Gasteiger partial charge in [-0.3, -0.25) is 4.79 Å². The Morgan fingerprint density at radius 2 is 2.00 bits per heavy atom. The molecule has 7 heteroatoms. The first-order valence-corrected chi connectivity index (χ1v) is 10.9. The Morgan fingerprint density at radius 1 is 1.30 bits per heavy atom. The number of aryl methyl sites for hydroxylation is 1. The number of nitriles is 1. The second-order valence-electron chi connectivity index (χ2n) is 7.33. The molecule has 1 amide bonds. The summed E-state index contributed by atoms with van der Waals surface area (Å²) >= 11 is 1.50. The lowest BCUT2D eigenvalue weighted by Crippen LogP contribution is -2.21. The van der Waals surface area contributed by atoms with Crippen molar-refractivity contribution >= 4 is 35.4 Å². The molecule has 2 rings (SSSR count). The minimum Gasteiger partial charge on any atom is -0.451 e. The van der Waals surface area contributed by atoms with Crippen molar-refractivity contribution in [3.63, 3.8) is 0 Å². The maximum Gasteiger partial charge on any atom is 0.349 e. The maximum atomic E-state index is 12.3. The summed E-state index contributed by atoms with van der Waals surface area (Å²) in [5.74, 6) is -0.807. The van der Waals surface area contributed by atoms with Crippen LogP contribution in [0.3, 0.4) is 0 Å². The van der Waals surface area contributed by atoms with Crippen LogP contribution in [-0.2, 0) is 20.9 Å². The number of para-hydroxylation sites is 1. The first kappa shape index (κ1) is 23.3. The van der Waals surface area contributed by atoms with Crippen LogP contribution in [0.25, 0.3) is 6.08 Å². The first-order chi connectivity index (χ1) is 14.3. The molecule has 0 unspecified atom stereocenters. The van der Waals surface area contributed by atoms with Crippen LogP contribution in [0.5, 0.6) is 0 Å². The minimum absolute atomic E-state index is 0.142. The standard InChI is InChI=1S/C23H27N3O3S/c1-15(2)13-26-16(3)10-18(17(26)4)11-19(12-24)23(28)29-14-22(27)25-20-8-6-7-9-21(20)30-5/h6-11,15H,13-14H2,1-5H3,(H,25,27)/b19-11+. The van der Waals surface area contributed by atoms with Crippen molar-refractivity contribution in [3.8, 4) is 6.07 Å². The number of aromatic nitrogens is 1. The van der Waals surface area contributed by atoms with Gasteiger partial charge in [0.15, 0.2) is 6.61 Å². The quantitative estimate of drug-likeness (QED) is 0.290. The molecule has 30 heavy (non-hydrogen) atoms. The Bertz CT molecular complexity index is 1000. The molecular weight excluding hydrogens is 398 g/mol. The summed E-state index contributed by atoms with van der Waals surface area (Å²) in [5, 5.41) is 12.1. The fourth-order valence-corrected chi connectivity index (χ4v) is 3.61. The number of ether oxygens (including phenoxy) is 1. The number of rotatable bonds is 8. The molecule has 1 aromatic heterocycles. The lowest BCUT2D eigenvalue weighted by Gasteiger charge is -2.12. The van der Waals surface area contributed by atoms with Crippen molar-refractivity contribution in [2.24, 2.45) is 5.92 Å². The van der Waals surface area contributed by atoms with Crippen LogP contribution >= 0.6 is 11.8 Å². The molecule has 0 fully saturated rings. The number of nitrogens with zero attached hydrogens (tertiary/aromatic N) is 2. The molecule has 0 saturated carbocycles. The van der Waals surface area contributed by atoms with Gasteiger partial charge in [-0.1, -0.05) is 26.0 Å². The molecule has 158 valence electrons. The maximum absolute atomic E-state index is 12.3. The molecule has 0 bridgehead atoms. The Labute approximate surface area is 181 Å². The zero-order chi connectivity index (χ0) is 22.3. The van der Waals surface area contributed by atoms with Crippen LogP contribution in [0.4, 0.5) is 5.69 Å². The van der Waals surface area contributed by atoms with E-state index in [0.29, 0.717) is 11.6 Å². The van der Waals surface area contributed by atoms with E-state index < -0.39 is 18.5 Å². The zero-order valence-electron chi connectivity index (χ0n) is 18.0. The summed E-state index contributed by atoms with van der Waals surface area (Å²) in [7, 11) is 0. The molecule has 0 saturated heterocycles. The SMILES string of the molecule is CSc1ccccc1NC(=O)COC(=O)/C(C#N)=C/c1cc(C)n(CC(C)C)c1C. The first-order valence-electron chi connectivity index (χ1n) is 9.65. The van der Waals surface area contributed by atoms with Crippen LogP contribution in [-0.4, -0.2) is 29.3 Å². The van der Waals surface area contributed by atoms with Gasteiger partial charge in [0.2, 0.25) is 0 Å². The lowest BCUT2D eigenvalue weighted by molar-refractivity contribution is -0.142. The number of carbonyl (C=O) groups excluding carboxylic acids is 2. The van der Waals surface area contributed by atoms with Crippen molar-refractivity contribution in [3.05, 3.63) is 52.9 Å². The van der Waals surface area contributed by atoms with Gasteiger partial charge in [-0.05, 0) is 55.9 Å². The molecule has 0 aliphatic carbocycles. The summed E-state index contributed by atoms with van der Waals surface area (Å²) in [5.41, 5.74) is 3.34. The molecule has 0 atom stereocenters. The number of hydrogen-bond acceptors (Lipinski definition) is 5. The number of thioether (sulfide) groups is 1. The molecule has 6 nitrogen and oxygen atoms in total. The van der Waals surface area contributed by atoms with E-state index in [-0.39, 0.29) is 5.57 Å². The molecule has 2 aromatic rings. The number of anilines is 1. The van der Waals surface area contributed by atoms with Crippen molar-refractivity contribution in [2.45, 2.75) is 39.1 Å². The van der Waals surface area contributed by atoms with Gasteiger partial charge >= 0.3 is 5.97 Å². The molecule has 0 aliphatic rings. The van der Waals surface area contributed by atoms with E-state index in [1.165, 1.54) is 17.8 Å². The van der Waals surface area contributed by atoms with Gasteiger partial charge in [-0.15, -0.1) is 11.8 Å². The average Bonchev–Trinajstić information content (AvgIpc) is 2.97. The van der Waals surface area contributed by atoms with Crippen molar-refractivity contribution in [2.75, 3.05) is 18.2 Å². The summed E-state index contributed by atoms with van der Waals surface area (Å²) in [6.07, 6.45) is 3.43. The third kappa shape index (κ3) is 6.01. The normalized spacial score (nSPS) is 11.3. The molecule has 0 radical (unpaired) electrons. The minimum atomic E-state index is -0.820. The van der Waals surface area contributed by atoms with Gasteiger partial charge in [-0.25, -0.2) is 4.79 Å². The molecule has 1 N–H and O–H groups in total. The number of carbonyl (C=O) groups is 2. The van der Waals surface area contributed by atoms with E-state index in [4.69, 9.17) is 4.74 Å². The summed E-state index contributed by atoms with van der Waals surface area (Å²) < 4.78 is 7.22. The third-order valence-electron chi connectivity index (χ3n) is 4.52. The number of nitrogens with one attached hydrogen (secondary N) is 1. The second kappa shape index (κ2) is 10.7. The molecule has 0 spiro atoms. The van der Waals surface area contributed by atoms with E-state index in [1.807, 2.05) is 50.4 Å². The van der Waals surface area contributed by atoms with Gasteiger partial charge in [-0.2, -0.15) is 5.26 Å². The van der Waals surface area contributed by atoms with Crippen molar-refractivity contribution < 1.29 is 14.3 Å². The predicted octanol–water partition coefficient (Wildman–Crippen LogP) is 4.57. The highest BCUT2D eigenvalue weighted by Gasteiger charge is 2.16. The van der Waals surface area contributed by atoms with Crippen LogP contribution in [0.2, 0.25) is 0 Å². The van der Waals surface area contributed by atoms with Gasteiger partial charge in [0.05, 0.1) is 5.69 Å². The van der Waals surface area contributed by atoms with Crippen LogP contribution in [0, 0.1) is 31.1 Å². The third-order valence-corrected chi connectivity index (χ3v) is 5.31. The fraction of sp³-hybridized carbons (Fsp3) is 0.348. The molecule has 1 aromatic carbocycles. The van der Waals surface area contributed by atoms with E-state index in [1.54, 1.807) is 6.07 Å². The topological polar surface area (TPSA) is 84.1 Å². The number of amides is 1. The molecule has 1 heterocycles. The number of esters is 1. The number of benzene rings is 1. The highest BCUT2D eigenvalue weighted by atomic mass is 32.2. The van der Waals surface area contributed by atoms with E-state index in [0.717, 1.165) is 28.4 Å². The summed E-state index contributed by atoms with van der Waals surface area (Å²) in [4.78, 5) is 25.4. The Hall–Kier alpha value is -2.98. The zero-order valence-corrected chi connectivity index (χ0v) is 18.8. The number of hydrogen-bond donors (Lipinski definition) is 1. The van der Waals surface area contributed by atoms with Gasteiger partial charge in [0.1, 0.15) is 11.6 Å². The van der Waals surface area contributed by atoms with Gasteiger partial charge in [0.25, 0.3) is 5.91 Å². The highest BCUT2D eigenvalue weighted by molar-refractivity contribution is 7.98. The van der Waals surface area contributed by atoms with E-state index in [2.05, 4.69) is 23.7 Å². The van der Waals surface area contributed by atoms with E-state index in [9.17, 15) is 14.9 Å². The van der Waals surface area contributed by atoms with Gasteiger partial charge < -0.3 is 14.6 Å². The van der Waals surface area contributed by atoms with Crippen LogP contribution in [0.15, 0.2) is 40.8 Å². The fourth-order valence-electron chi connectivity index (χ4n) is 3.06. The lowest BCUT2D eigenvalue weighted by atomic mass is 10.1. The Balaban J connectivity index is 2.06. The van der Waals surface area contributed by atoms with Crippen LogP contribution < -0.4 is 5.32 Å². The average molecular weight is 426 g/mol. The Kier molecular flexibility index (Phi) is 8.31. The summed E-state index contributed by atoms with van der Waals surface area (Å²) in [6, 6.07) is 11.2.